The molecule has 4 nitrogen and oxygen atoms in total. The van der Waals surface area contributed by atoms with Crippen molar-refractivity contribution < 1.29 is 8.42 Å². The summed E-state index contributed by atoms with van der Waals surface area (Å²) in [5.41, 5.74) is 0.774. The maximum absolute atomic E-state index is 12.6. The zero-order valence-corrected chi connectivity index (χ0v) is 15.7. The lowest BCUT2D eigenvalue weighted by molar-refractivity contribution is 0.205. The van der Waals surface area contributed by atoms with Crippen molar-refractivity contribution in [2.45, 2.75) is 50.5 Å². The molecule has 0 saturated carbocycles. The third-order valence-electron chi connectivity index (χ3n) is 4.18. The first-order chi connectivity index (χ1) is 10.4. The van der Waals surface area contributed by atoms with Crippen LogP contribution in [0, 0.1) is 6.92 Å². The van der Waals surface area contributed by atoms with Gasteiger partial charge >= 0.3 is 0 Å². The number of unbranched alkanes of at least 4 members (excludes halogenated alkanes) is 1. The second-order valence-corrected chi connectivity index (χ2v) is 8.60. The van der Waals surface area contributed by atoms with E-state index in [-0.39, 0.29) is 6.04 Å². The van der Waals surface area contributed by atoms with Gasteiger partial charge in [-0.1, -0.05) is 35.3 Å². The summed E-state index contributed by atoms with van der Waals surface area (Å²) in [7, 11) is -3.45. The summed E-state index contributed by atoms with van der Waals surface area (Å²) in [6.07, 6.45) is 4.19. The van der Waals surface area contributed by atoms with Gasteiger partial charge in [0.2, 0.25) is 10.0 Å². The molecule has 1 saturated heterocycles. The zero-order valence-electron chi connectivity index (χ0n) is 13.3. The Morgan fingerprint density at radius 3 is 2.64 bits per heavy atom. The van der Waals surface area contributed by atoms with E-state index in [9.17, 15) is 8.42 Å². The Morgan fingerprint density at radius 2 is 2.00 bits per heavy atom. The number of piperidine rings is 1. The molecule has 0 atom stereocenters. The molecule has 1 aromatic rings. The predicted octanol–water partition coefficient (Wildman–Crippen LogP) is 3.30. The topological polar surface area (TPSA) is 49.4 Å². The molecule has 0 spiro atoms. The van der Waals surface area contributed by atoms with Crippen LogP contribution < -0.4 is 4.72 Å². The molecule has 6 heteroatoms. The molecule has 1 aliphatic heterocycles. The highest BCUT2D eigenvalue weighted by Crippen LogP contribution is 2.22. The van der Waals surface area contributed by atoms with Crippen molar-refractivity contribution >= 4 is 26.0 Å². The van der Waals surface area contributed by atoms with Gasteiger partial charge in [0.25, 0.3) is 0 Å². The Labute approximate surface area is 142 Å². The van der Waals surface area contributed by atoms with Crippen LogP contribution in [0.15, 0.2) is 27.6 Å². The van der Waals surface area contributed by atoms with Crippen molar-refractivity contribution in [2.24, 2.45) is 0 Å². The summed E-state index contributed by atoms with van der Waals surface area (Å²) in [6, 6.07) is 5.40. The fourth-order valence-corrected chi connectivity index (χ4v) is 4.89. The molecular weight excluding hydrogens is 364 g/mol. The highest BCUT2D eigenvalue weighted by molar-refractivity contribution is 9.10. The Morgan fingerprint density at radius 1 is 1.32 bits per heavy atom. The number of nitrogens with one attached hydrogen (secondary N) is 1. The molecule has 2 rings (SSSR count). The molecule has 1 fully saturated rings. The highest BCUT2D eigenvalue weighted by atomic mass is 79.9. The fourth-order valence-electron chi connectivity index (χ4n) is 2.80. The minimum absolute atomic E-state index is 0.0428. The summed E-state index contributed by atoms with van der Waals surface area (Å²) in [5.74, 6) is 0. The van der Waals surface area contributed by atoms with Gasteiger partial charge in [0, 0.05) is 10.5 Å². The van der Waals surface area contributed by atoms with Crippen molar-refractivity contribution in [3.05, 3.63) is 28.2 Å². The van der Waals surface area contributed by atoms with Crippen molar-refractivity contribution in [2.75, 3.05) is 19.6 Å². The molecule has 1 aliphatic rings. The van der Waals surface area contributed by atoms with Gasteiger partial charge in [0.15, 0.2) is 0 Å². The number of halogens is 1. The molecule has 0 aromatic heterocycles. The standard InChI is InChI=1S/C16H25BrN2O2S/c1-3-4-9-19-10-7-15(8-11-19)18-22(20,21)16-12-14(17)6-5-13(16)2/h5-6,12,15,18H,3-4,7-11H2,1-2H3. The average molecular weight is 389 g/mol. The van der Waals surface area contributed by atoms with Crippen LogP contribution in [0.25, 0.3) is 0 Å². The van der Waals surface area contributed by atoms with Gasteiger partial charge in [-0.15, -0.1) is 0 Å². The number of sulfonamides is 1. The third-order valence-corrected chi connectivity index (χ3v) is 6.33. The summed E-state index contributed by atoms with van der Waals surface area (Å²) in [4.78, 5) is 2.80. The Hall–Kier alpha value is -0.430. The van der Waals surface area contributed by atoms with Crippen LogP contribution in [-0.2, 0) is 10.0 Å². The quantitative estimate of drug-likeness (QED) is 0.812. The van der Waals surface area contributed by atoms with Crippen LogP contribution in [0.1, 0.15) is 38.2 Å². The third kappa shape index (κ3) is 4.78. The van der Waals surface area contributed by atoms with Crippen molar-refractivity contribution in [1.82, 2.24) is 9.62 Å². The van der Waals surface area contributed by atoms with Gasteiger partial charge in [0.05, 0.1) is 4.90 Å². The lowest BCUT2D eigenvalue weighted by Gasteiger charge is -2.32. The first kappa shape index (κ1) is 17.9. The lowest BCUT2D eigenvalue weighted by atomic mass is 10.1. The average Bonchev–Trinajstić information content (AvgIpc) is 2.48. The van der Waals surface area contributed by atoms with E-state index in [1.54, 1.807) is 6.07 Å². The Balaban J connectivity index is 1.97. The van der Waals surface area contributed by atoms with Crippen LogP contribution >= 0.6 is 15.9 Å². The number of likely N-dealkylation sites (tertiary alicyclic amines) is 1. The van der Waals surface area contributed by atoms with Crippen LogP contribution in [-0.4, -0.2) is 39.0 Å². The van der Waals surface area contributed by atoms with Crippen LogP contribution in [0.5, 0.6) is 0 Å². The van der Waals surface area contributed by atoms with E-state index >= 15 is 0 Å². The van der Waals surface area contributed by atoms with E-state index in [0.717, 1.165) is 42.5 Å². The number of benzene rings is 1. The van der Waals surface area contributed by atoms with Gasteiger partial charge in [0.1, 0.15) is 0 Å². The summed E-state index contributed by atoms with van der Waals surface area (Å²) >= 11 is 3.35. The van der Waals surface area contributed by atoms with E-state index in [0.29, 0.717) is 4.90 Å². The first-order valence-corrected chi connectivity index (χ1v) is 10.2. The molecule has 1 N–H and O–H groups in total. The van der Waals surface area contributed by atoms with Gasteiger partial charge in [-0.25, -0.2) is 13.1 Å². The fraction of sp³-hybridized carbons (Fsp3) is 0.625. The van der Waals surface area contributed by atoms with E-state index in [2.05, 4.69) is 32.5 Å². The normalized spacial score (nSPS) is 17.8. The number of aryl methyl sites for hydroxylation is 1. The number of rotatable bonds is 6. The van der Waals surface area contributed by atoms with E-state index < -0.39 is 10.0 Å². The van der Waals surface area contributed by atoms with Gasteiger partial charge < -0.3 is 4.90 Å². The Bertz CT molecular complexity index is 596. The largest absolute Gasteiger partial charge is 0.303 e. The molecule has 0 unspecified atom stereocenters. The molecule has 0 aliphatic carbocycles. The maximum atomic E-state index is 12.6. The maximum Gasteiger partial charge on any atom is 0.241 e. The number of hydrogen-bond acceptors (Lipinski definition) is 3. The second-order valence-electron chi connectivity index (χ2n) is 6.00. The summed E-state index contributed by atoms with van der Waals surface area (Å²) in [5, 5.41) is 0. The molecule has 0 bridgehead atoms. The molecule has 0 radical (unpaired) electrons. The van der Waals surface area contributed by atoms with Crippen LogP contribution in [0.2, 0.25) is 0 Å². The second kappa shape index (κ2) is 7.90. The van der Waals surface area contributed by atoms with Gasteiger partial charge in [-0.2, -0.15) is 0 Å². The smallest absolute Gasteiger partial charge is 0.241 e. The van der Waals surface area contributed by atoms with Gasteiger partial charge in [-0.3, -0.25) is 0 Å². The van der Waals surface area contributed by atoms with Crippen molar-refractivity contribution in [1.29, 1.82) is 0 Å². The molecule has 22 heavy (non-hydrogen) atoms. The van der Waals surface area contributed by atoms with E-state index in [1.807, 2.05) is 19.1 Å². The molecule has 0 amide bonds. The number of hydrogen-bond donors (Lipinski definition) is 1. The molecule has 124 valence electrons. The zero-order chi connectivity index (χ0) is 16.2. The highest BCUT2D eigenvalue weighted by Gasteiger charge is 2.25. The molecular formula is C16H25BrN2O2S. The predicted molar refractivity (Wildman–Crippen MR) is 93.6 cm³/mol. The summed E-state index contributed by atoms with van der Waals surface area (Å²) in [6.45, 7) is 7.10. The Kier molecular flexibility index (Phi) is 6.44. The first-order valence-electron chi connectivity index (χ1n) is 7.93. The van der Waals surface area contributed by atoms with E-state index in [4.69, 9.17) is 0 Å². The minimum Gasteiger partial charge on any atom is -0.303 e. The van der Waals surface area contributed by atoms with E-state index in [1.165, 1.54) is 12.8 Å². The molecule has 1 heterocycles. The SMILES string of the molecule is CCCCN1CCC(NS(=O)(=O)c2cc(Br)ccc2C)CC1. The minimum atomic E-state index is -3.45. The monoisotopic (exact) mass is 388 g/mol. The van der Waals surface area contributed by atoms with Gasteiger partial charge in [-0.05, 0) is 63.5 Å². The molecule has 1 aromatic carbocycles. The van der Waals surface area contributed by atoms with Crippen LogP contribution in [0.4, 0.5) is 0 Å². The van der Waals surface area contributed by atoms with Crippen molar-refractivity contribution in [3.8, 4) is 0 Å². The number of nitrogens with zero attached hydrogens (tertiary/aromatic N) is 1. The van der Waals surface area contributed by atoms with Crippen LogP contribution in [0.3, 0.4) is 0 Å². The summed E-state index contributed by atoms with van der Waals surface area (Å²) < 4.78 is 28.8. The van der Waals surface area contributed by atoms with Crippen molar-refractivity contribution in [3.63, 3.8) is 0 Å². The lowest BCUT2D eigenvalue weighted by Crippen LogP contribution is -2.44.